The molecule has 0 amide bonds. The summed E-state index contributed by atoms with van der Waals surface area (Å²) in [6.45, 7) is 0.640. The van der Waals surface area contributed by atoms with Crippen LogP contribution >= 0.6 is 0 Å². The maximum atomic E-state index is 13.3. The predicted octanol–water partition coefficient (Wildman–Crippen LogP) is 3.15. The third-order valence-corrected chi connectivity index (χ3v) is 2.91. The van der Waals surface area contributed by atoms with E-state index < -0.39 is 11.6 Å². The number of halogens is 2. The topological polar surface area (TPSA) is 38.0 Å². The molecule has 0 saturated heterocycles. The molecule has 2 nitrogen and oxygen atoms in total. The highest BCUT2D eigenvalue weighted by Gasteiger charge is 2.20. The Kier molecular flexibility index (Phi) is 3.27. The normalized spacial score (nSPS) is 15.1. The van der Waals surface area contributed by atoms with Crippen molar-refractivity contribution in [3.05, 3.63) is 23.8 Å². The summed E-state index contributed by atoms with van der Waals surface area (Å²) in [7, 11) is 0. The van der Waals surface area contributed by atoms with Crippen molar-refractivity contribution in [2.24, 2.45) is 5.92 Å². The number of hydrogen-bond donors (Lipinski definition) is 2. The first-order valence-electron chi connectivity index (χ1n) is 5.66. The van der Waals surface area contributed by atoms with Gasteiger partial charge in [-0.1, -0.05) is 12.8 Å². The molecule has 4 heteroatoms. The maximum absolute atomic E-state index is 13.3. The van der Waals surface area contributed by atoms with Gasteiger partial charge < -0.3 is 11.1 Å². The summed E-state index contributed by atoms with van der Waals surface area (Å²) in [6.07, 6.45) is 4.76. The van der Waals surface area contributed by atoms with Crippen LogP contribution in [0.25, 0.3) is 0 Å². The summed E-state index contributed by atoms with van der Waals surface area (Å²) >= 11 is 0. The van der Waals surface area contributed by atoms with Crippen LogP contribution in [0.2, 0.25) is 0 Å². The Labute approximate surface area is 93.8 Å². The van der Waals surface area contributed by atoms with Crippen molar-refractivity contribution in [3.8, 4) is 0 Å². The van der Waals surface area contributed by atoms with E-state index in [0.717, 1.165) is 24.8 Å². The van der Waals surface area contributed by atoms with E-state index in [1.54, 1.807) is 0 Å². The fourth-order valence-electron chi connectivity index (χ4n) is 1.76. The van der Waals surface area contributed by atoms with E-state index in [1.165, 1.54) is 18.9 Å². The molecule has 0 atom stereocenters. The zero-order valence-corrected chi connectivity index (χ0v) is 9.10. The van der Waals surface area contributed by atoms with Gasteiger partial charge in [-0.2, -0.15) is 0 Å². The van der Waals surface area contributed by atoms with Crippen LogP contribution in [0.4, 0.5) is 20.2 Å². The molecule has 1 aromatic rings. The average molecular weight is 226 g/mol. The molecule has 1 saturated carbocycles. The van der Waals surface area contributed by atoms with E-state index >= 15 is 0 Å². The molecule has 0 aliphatic heterocycles. The molecule has 1 aromatic carbocycles. The second kappa shape index (κ2) is 4.68. The van der Waals surface area contributed by atoms with Gasteiger partial charge in [0.1, 0.15) is 0 Å². The van der Waals surface area contributed by atoms with E-state index in [1.807, 2.05) is 0 Å². The highest BCUT2D eigenvalue weighted by Crippen LogP contribution is 2.33. The molecule has 3 N–H and O–H groups in total. The monoisotopic (exact) mass is 226 g/mol. The average Bonchev–Trinajstić information content (AvgIpc) is 3.07. The van der Waals surface area contributed by atoms with Gasteiger partial charge in [0.05, 0.1) is 11.4 Å². The second-order valence-electron chi connectivity index (χ2n) is 4.34. The summed E-state index contributed by atoms with van der Waals surface area (Å²) in [5, 5.41) is 2.87. The first-order valence-corrected chi connectivity index (χ1v) is 5.66. The number of anilines is 2. The minimum atomic E-state index is -0.883. The first-order chi connectivity index (χ1) is 7.68. The van der Waals surface area contributed by atoms with Gasteiger partial charge in [0.2, 0.25) is 0 Å². The molecular weight excluding hydrogens is 210 g/mol. The predicted molar refractivity (Wildman–Crippen MR) is 61.2 cm³/mol. The molecule has 1 fully saturated rings. The van der Waals surface area contributed by atoms with Crippen molar-refractivity contribution in [1.82, 2.24) is 0 Å². The van der Waals surface area contributed by atoms with E-state index in [9.17, 15) is 8.78 Å². The zero-order chi connectivity index (χ0) is 11.5. The van der Waals surface area contributed by atoms with E-state index in [2.05, 4.69) is 5.32 Å². The van der Waals surface area contributed by atoms with E-state index in [4.69, 9.17) is 5.73 Å². The third kappa shape index (κ3) is 2.62. The molecule has 2 rings (SSSR count). The molecule has 0 radical (unpaired) electrons. The lowest BCUT2D eigenvalue weighted by Crippen LogP contribution is -2.07. The molecule has 0 aromatic heterocycles. The van der Waals surface area contributed by atoms with Crippen LogP contribution in [0, 0.1) is 17.6 Å². The van der Waals surface area contributed by atoms with Crippen LogP contribution in [0.15, 0.2) is 12.1 Å². The molecule has 0 bridgehead atoms. The summed E-state index contributed by atoms with van der Waals surface area (Å²) in [5.41, 5.74) is 5.92. The van der Waals surface area contributed by atoms with Crippen molar-refractivity contribution in [3.63, 3.8) is 0 Å². The fraction of sp³-hybridized carbons (Fsp3) is 0.500. The third-order valence-electron chi connectivity index (χ3n) is 2.91. The lowest BCUT2D eigenvalue weighted by Gasteiger charge is -2.10. The second-order valence-corrected chi connectivity index (χ2v) is 4.34. The Morgan fingerprint density at radius 2 is 2.06 bits per heavy atom. The van der Waals surface area contributed by atoms with Crippen molar-refractivity contribution in [1.29, 1.82) is 0 Å². The minimum Gasteiger partial charge on any atom is -0.397 e. The van der Waals surface area contributed by atoms with Gasteiger partial charge in [0.25, 0.3) is 0 Å². The summed E-state index contributed by atoms with van der Waals surface area (Å²) in [5.74, 6) is -0.887. The fourth-order valence-corrected chi connectivity index (χ4v) is 1.76. The van der Waals surface area contributed by atoms with Crippen molar-refractivity contribution >= 4 is 11.4 Å². The number of nitrogens with one attached hydrogen (secondary N) is 1. The van der Waals surface area contributed by atoms with Crippen LogP contribution < -0.4 is 11.1 Å². The number of nitrogen functional groups attached to an aromatic ring is 1. The van der Waals surface area contributed by atoms with Crippen LogP contribution in [0.5, 0.6) is 0 Å². The molecular formula is C12H16F2N2. The number of hydrogen-bond acceptors (Lipinski definition) is 2. The van der Waals surface area contributed by atoms with Crippen LogP contribution in [-0.4, -0.2) is 6.54 Å². The van der Waals surface area contributed by atoms with Crippen molar-refractivity contribution < 1.29 is 8.78 Å². The number of rotatable bonds is 5. The van der Waals surface area contributed by atoms with Gasteiger partial charge in [-0.15, -0.1) is 0 Å². The minimum absolute atomic E-state index is 0.0933. The standard InChI is InChI=1S/C12H16F2N2/c13-9-5-6-10(15)12(11(9)14)16-7-1-2-8-3-4-8/h5-6,8,16H,1-4,7,15H2. The Morgan fingerprint density at radius 3 is 2.75 bits per heavy atom. The molecule has 0 unspecified atom stereocenters. The molecule has 16 heavy (non-hydrogen) atoms. The van der Waals surface area contributed by atoms with Crippen molar-refractivity contribution in [2.45, 2.75) is 25.7 Å². The van der Waals surface area contributed by atoms with Crippen molar-refractivity contribution in [2.75, 3.05) is 17.6 Å². The van der Waals surface area contributed by atoms with Gasteiger partial charge >= 0.3 is 0 Å². The Hall–Kier alpha value is -1.32. The van der Waals surface area contributed by atoms with Crippen LogP contribution in [0.3, 0.4) is 0 Å². The summed E-state index contributed by atoms with van der Waals surface area (Å²) < 4.78 is 26.3. The van der Waals surface area contributed by atoms with Crippen LogP contribution in [-0.2, 0) is 0 Å². The maximum Gasteiger partial charge on any atom is 0.183 e. The lowest BCUT2D eigenvalue weighted by atomic mass is 10.2. The first kappa shape index (κ1) is 11.2. The lowest BCUT2D eigenvalue weighted by molar-refractivity contribution is 0.511. The smallest absolute Gasteiger partial charge is 0.183 e. The highest BCUT2D eigenvalue weighted by atomic mass is 19.2. The highest BCUT2D eigenvalue weighted by molar-refractivity contribution is 5.66. The molecule has 1 aliphatic rings. The SMILES string of the molecule is Nc1ccc(F)c(F)c1NCCCC1CC1. The summed E-state index contributed by atoms with van der Waals surface area (Å²) in [6, 6.07) is 2.42. The zero-order valence-electron chi connectivity index (χ0n) is 9.10. The van der Waals surface area contributed by atoms with Gasteiger partial charge in [-0.25, -0.2) is 8.78 Å². The van der Waals surface area contributed by atoms with Gasteiger partial charge in [0, 0.05) is 6.54 Å². The van der Waals surface area contributed by atoms with E-state index in [-0.39, 0.29) is 11.4 Å². The Bertz CT molecular complexity index is 376. The number of benzene rings is 1. The van der Waals surface area contributed by atoms with Gasteiger partial charge in [0.15, 0.2) is 11.6 Å². The largest absolute Gasteiger partial charge is 0.397 e. The van der Waals surface area contributed by atoms with Gasteiger partial charge in [-0.05, 0) is 30.9 Å². The number of nitrogens with two attached hydrogens (primary N) is 1. The van der Waals surface area contributed by atoms with Gasteiger partial charge in [-0.3, -0.25) is 0 Å². The molecule has 88 valence electrons. The summed E-state index contributed by atoms with van der Waals surface area (Å²) in [4.78, 5) is 0. The molecule has 1 aliphatic carbocycles. The van der Waals surface area contributed by atoms with E-state index in [0.29, 0.717) is 6.54 Å². The Morgan fingerprint density at radius 1 is 1.31 bits per heavy atom. The molecule has 0 spiro atoms. The van der Waals surface area contributed by atoms with Crippen LogP contribution in [0.1, 0.15) is 25.7 Å². The quantitative estimate of drug-likeness (QED) is 0.598. The Balaban J connectivity index is 1.89. The molecule has 0 heterocycles.